The first-order valence-corrected chi connectivity index (χ1v) is 6.67. The first-order valence-electron chi connectivity index (χ1n) is 6.67. The minimum atomic E-state index is 0.915. The van der Waals surface area contributed by atoms with Gasteiger partial charge < -0.3 is 5.32 Å². The fourth-order valence-corrected chi connectivity index (χ4v) is 3.94. The maximum absolute atomic E-state index is 3.82. The van der Waals surface area contributed by atoms with Gasteiger partial charge in [0.15, 0.2) is 0 Å². The first-order chi connectivity index (χ1) is 6.93. The second-order valence-corrected chi connectivity index (χ2v) is 5.78. The molecule has 1 nitrogen and oxygen atoms in total. The molecule has 2 heterocycles. The van der Waals surface area contributed by atoms with Crippen molar-refractivity contribution in [2.75, 3.05) is 6.54 Å². The molecule has 2 saturated carbocycles. The molecule has 4 rings (SSSR count). The van der Waals surface area contributed by atoms with Crippen LogP contribution in [0.4, 0.5) is 0 Å². The summed E-state index contributed by atoms with van der Waals surface area (Å²) in [7, 11) is 0. The van der Waals surface area contributed by atoms with E-state index in [0.717, 1.165) is 23.8 Å². The SMILES string of the molecule is C1CCCC(C2NCC3CC2C3)CC1. The molecule has 1 heteroatoms. The van der Waals surface area contributed by atoms with E-state index in [9.17, 15) is 0 Å². The molecule has 0 aromatic heterocycles. The summed E-state index contributed by atoms with van der Waals surface area (Å²) in [5.41, 5.74) is 0. The van der Waals surface area contributed by atoms with Crippen LogP contribution >= 0.6 is 0 Å². The Morgan fingerprint density at radius 2 is 1.50 bits per heavy atom. The van der Waals surface area contributed by atoms with E-state index in [0.29, 0.717) is 0 Å². The smallest absolute Gasteiger partial charge is 0.0124 e. The summed E-state index contributed by atoms with van der Waals surface area (Å²) in [4.78, 5) is 0. The monoisotopic (exact) mass is 193 g/mol. The lowest BCUT2D eigenvalue weighted by Crippen LogP contribution is -2.56. The van der Waals surface area contributed by atoms with Crippen molar-refractivity contribution in [3.8, 4) is 0 Å². The fourth-order valence-electron chi connectivity index (χ4n) is 3.94. The second-order valence-electron chi connectivity index (χ2n) is 5.78. The standard InChI is InChI=1S/C13H23N/c1-2-4-6-11(5-3-1)13-12-7-10(8-12)9-14-13/h10-14H,1-9H2. The molecule has 2 aliphatic heterocycles. The molecule has 0 aromatic carbocycles. The van der Waals surface area contributed by atoms with Crippen molar-refractivity contribution in [1.29, 1.82) is 0 Å². The second kappa shape index (κ2) is 3.84. The van der Waals surface area contributed by atoms with Gasteiger partial charge in [0.2, 0.25) is 0 Å². The van der Waals surface area contributed by atoms with Gasteiger partial charge in [0.1, 0.15) is 0 Å². The van der Waals surface area contributed by atoms with Crippen LogP contribution in [0.1, 0.15) is 51.4 Å². The number of hydrogen-bond acceptors (Lipinski definition) is 1. The van der Waals surface area contributed by atoms with Gasteiger partial charge in [0.05, 0.1) is 0 Å². The molecular formula is C13H23N. The van der Waals surface area contributed by atoms with Crippen LogP contribution in [0.5, 0.6) is 0 Å². The highest BCUT2D eigenvalue weighted by Gasteiger charge is 2.42. The molecule has 0 spiro atoms. The van der Waals surface area contributed by atoms with Crippen molar-refractivity contribution >= 4 is 0 Å². The van der Waals surface area contributed by atoms with Gasteiger partial charge in [0.25, 0.3) is 0 Å². The van der Waals surface area contributed by atoms with Crippen LogP contribution in [0, 0.1) is 17.8 Å². The molecule has 4 aliphatic rings. The first kappa shape index (κ1) is 9.21. The maximum Gasteiger partial charge on any atom is 0.0124 e. The maximum atomic E-state index is 3.82. The Labute approximate surface area is 87.7 Å². The van der Waals surface area contributed by atoms with Crippen molar-refractivity contribution < 1.29 is 0 Å². The molecular weight excluding hydrogens is 170 g/mol. The summed E-state index contributed by atoms with van der Waals surface area (Å²) < 4.78 is 0. The van der Waals surface area contributed by atoms with Gasteiger partial charge in [-0.15, -0.1) is 0 Å². The molecule has 80 valence electrons. The third-order valence-electron chi connectivity index (χ3n) is 4.83. The zero-order valence-electron chi connectivity index (χ0n) is 9.17. The summed E-state index contributed by atoms with van der Waals surface area (Å²) in [5, 5.41) is 3.82. The third-order valence-corrected chi connectivity index (χ3v) is 4.83. The van der Waals surface area contributed by atoms with Gasteiger partial charge in [-0.1, -0.05) is 25.7 Å². The largest absolute Gasteiger partial charge is 0.313 e. The van der Waals surface area contributed by atoms with Crippen molar-refractivity contribution in [3.63, 3.8) is 0 Å². The zero-order chi connectivity index (χ0) is 9.38. The summed E-state index contributed by atoms with van der Waals surface area (Å²) in [6.07, 6.45) is 12.1. The van der Waals surface area contributed by atoms with Gasteiger partial charge in [-0.25, -0.2) is 0 Å². The van der Waals surface area contributed by atoms with Crippen LogP contribution in [0.2, 0.25) is 0 Å². The number of nitrogens with one attached hydrogen (secondary N) is 1. The van der Waals surface area contributed by atoms with Crippen LogP contribution in [0.15, 0.2) is 0 Å². The van der Waals surface area contributed by atoms with Crippen LogP contribution in [0.3, 0.4) is 0 Å². The van der Waals surface area contributed by atoms with E-state index in [1.807, 2.05) is 0 Å². The van der Waals surface area contributed by atoms with Gasteiger partial charge in [-0.3, -0.25) is 0 Å². The van der Waals surface area contributed by atoms with Crippen LogP contribution < -0.4 is 5.32 Å². The van der Waals surface area contributed by atoms with E-state index < -0.39 is 0 Å². The summed E-state index contributed by atoms with van der Waals surface area (Å²) in [6.45, 7) is 1.33. The molecule has 0 aromatic rings. The van der Waals surface area contributed by atoms with Gasteiger partial charge >= 0.3 is 0 Å². The highest BCUT2D eigenvalue weighted by Crippen LogP contribution is 2.44. The summed E-state index contributed by atoms with van der Waals surface area (Å²) in [6, 6.07) is 0.915. The Morgan fingerprint density at radius 3 is 2.07 bits per heavy atom. The van der Waals surface area contributed by atoms with Crippen molar-refractivity contribution in [2.45, 2.75) is 57.4 Å². The average Bonchev–Trinajstić information content (AvgIpc) is 2.44. The van der Waals surface area contributed by atoms with E-state index in [2.05, 4.69) is 5.32 Å². The Bertz CT molecular complexity index is 185. The van der Waals surface area contributed by atoms with Crippen molar-refractivity contribution in [3.05, 3.63) is 0 Å². The van der Waals surface area contributed by atoms with Crippen molar-refractivity contribution in [1.82, 2.24) is 5.32 Å². The predicted molar refractivity (Wildman–Crippen MR) is 59.2 cm³/mol. The highest BCUT2D eigenvalue weighted by atomic mass is 15.0. The minimum absolute atomic E-state index is 0.915. The average molecular weight is 193 g/mol. The van der Waals surface area contributed by atoms with Crippen molar-refractivity contribution in [2.24, 2.45) is 17.8 Å². The summed E-state index contributed by atoms with van der Waals surface area (Å²) >= 11 is 0. The van der Waals surface area contributed by atoms with Crippen LogP contribution in [-0.4, -0.2) is 12.6 Å². The van der Waals surface area contributed by atoms with E-state index in [4.69, 9.17) is 0 Å². The fraction of sp³-hybridized carbons (Fsp3) is 1.00. The van der Waals surface area contributed by atoms with Gasteiger partial charge in [-0.05, 0) is 50.0 Å². The number of rotatable bonds is 1. The Morgan fingerprint density at radius 1 is 0.786 bits per heavy atom. The topological polar surface area (TPSA) is 12.0 Å². The number of fused-ring (bicyclic) bond motifs is 2. The lowest BCUT2D eigenvalue weighted by atomic mass is 9.64. The predicted octanol–water partition coefficient (Wildman–Crippen LogP) is 2.95. The van der Waals surface area contributed by atoms with Gasteiger partial charge in [-0.2, -0.15) is 0 Å². The molecule has 2 saturated heterocycles. The molecule has 0 radical (unpaired) electrons. The van der Waals surface area contributed by atoms with Crippen LogP contribution in [0.25, 0.3) is 0 Å². The van der Waals surface area contributed by atoms with E-state index in [1.165, 1.54) is 45.1 Å². The van der Waals surface area contributed by atoms with E-state index in [-0.39, 0.29) is 0 Å². The lowest BCUT2D eigenvalue weighted by molar-refractivity contribution is 0.0484. The number of piperidine rings is 2. The molecule has 0 amide bonds. The lowest BCUT2D eigenvalue weighted by Gasteiger charge is -2.50. The highest BCUT2D eigenvalue weighted by molar-refractivity contribution is 4.97. The van der Waals surface area contributed by atoms with Gasteiger partial charge in [0, 0.05) is 6.04 Å². The quantitative estimate of drug-likeness (QED) is 0.631. The minimum Gasteiger partial charge on any atom is -0.313 e. The molecule has 1 atom stereocenters. The Balaban J connectivity index is 1.61. The van der Waals surface area contributed by atoms with Crippen LogP contribution in [-0.2, 0) is 0 Å². The molecule has 4 fully saturated rings. The number of hydrogen-bond donors (Lipinski definition) is 1. The Kier molecular flexibility index (Phi) is 2.53. The summed E-state index contributed by atoms with van der Waals surface area (Å²) in [5.74, 6) is 3.16. The Hall–Kier alpha value is -0.0400. The zero-order valence-corrected chi connectivity index (χ0v) is 9.17. The molecule has 2 bridgehead atoms. The third kappa shape index (κ3) is 1.60. The van der Waals surface area contributed by atoms with E-state index >= 15 is 0 Å². The molecule has 14 heavy (non-hydrogen) atoms. The molecule has 1 N–H and O–H groups in total. The van der Waals surface area contributed by atoms with E-state index in [1.54, 1.807) is 12.8 Å². The molecule has 1 unspecified atom stereocenters. The normalized spacial score (nSPS) is 44.1. The molecule has 2 aliphatic carbocycles.